The van der Waals surface area contributed by atoms with Crippen LogP contribution in [0.25, 0.3) is 12.2 Å². The highest BCUT2D eigenvalue weighted by atomic mass is 16.6. The number of esters is 2. The van der Waals surface area contributed by atoms with Crippen molar-refractivity contribution in [3.63, 3.8) is 0 Å². The van der Waals surface area contributed by atoms with Crippen molar-refractivity contribution >= 4 is 47.3 Å². The summed E-state index contributed by atoms with van der Waals surface area (Å²) in [7, 11) is 0. The largest absolute Gasteiger partial charge is 0.402 e. The molecule has 0 spiro atoms. The third-order valence-corrected chi connectivity index (χ3v) is 5.44. The Labute approximate surface area is 213 Å². The van der Waals surface area contributed by atoms with E-state index in [1.807, 2.05) is 0 Å². The Balaban J connectivity index is 1.61. The van der Waals surface area contributed by atoms with Gasteiger partial charge in [-0.1, -0.05) is 36.4 Å². The number of rotatable bonds is 6. The van der Waals surface area contributed by atoms with E-state index in [1.54, 1.807) is 60.7 Å². The molecular weight excluding hydrogens is 496 g/mol. The molecule has 186 valence electrons. The van der Waals surface area contributed by atoms with Crippen LogP contribution in [0.2, 0.25) is 0 Å². The number of hydrogen-bond acceptors (Lipinski definition) is 10. The molecule has 0 saturated carbocycles. The summed E-state index contributed by atoms with van der Waals surface area (Å²) in [5, 5.41) is 23.5. The summed E-state index contributed by atoms with van der Waals surface area (Å²) < 4.78 is 10.3. The lowest BCUT2D eigenvalue weighted by molar-refractivity contribution is -0.394. The van der Waals surface area contributed by atoms with Crippen molar-refractivity contribution in [2.75, 3.05) is 0 Å². The SMILES string of the molecule is O=C1OC(c2ccccc2)=NC1=Cc1cc(C=C2N=C(c3ccccc3)OC2=O)c([N+](=O)[O-])cc1[N+](=O)[O-]. The van der Waals surface area contributed by atoms with Crippen molar-refractivity contribution in [1.29, 1.82) is 0 Å². The molecular formula is C26H14N4O8. The highest BCUT2D eigenvalue weighted by Gasteiger charge is 2.30. The van der Waals surface area contributed by atoms with Gasteiger partial charge in [-0.25, -0.2) is 19.6 Å². The van der Waals surface area contributed by atoms with Gasteiger partial charge < -0.3 is 9.47 Å². The summed E-state index contributed by atoms with van der Waals surface area (Å²) in [6.45, 7) is 0. The summed E-state index contributed by atoms with van der Waals surface area (Å²) in [6, 6.07) is 18.9. The minimum atomic E-state index is -0.854. The molecule has 2 aliphatic rings. The van der Waals surface area contributed by atoms with Crippen molar-refractivity contribution in [3.8, 4) is 0 Å². The normalized spacial score (nSPS) is 16.7. The Kier molecular flexibility index (Phi) is 6.11. The second kappa shape index (κ2) is 9.70. The van der Waals surface area contributed by atoms with Crippen LogP contribution in [0.3, 0.4) is 0 Å². The zero-order valence-electron chi connectivity index (χ0n) is 19.1. The highest BCUT2D eigenvalue weighted by Crippen LogP contribution is 2.34. The topological polar surface area (TPSA) is 164 Å². The lowest BCUT2D eigenvalue weighted by atomic mass is 10.0. The van der Waals surface area contributed by atoms with E-state index >= 15 is 0 Å². The molecule has 3 aromatic rings. The molecule has 3 aromatic carbocycles. The summed E-state index contributed by atoms with van der Waals surface area (Å²) in [5.74, 6) is -1.70. The van der Waals surface area contributed by atoms with E-state index in [4.69, 9.17) is 9.47 Å². The maximum atomic E-state index is 12.4. The van der Waals surface area contributed by atoms with E-state index in [1.165, 1.54) is 0 Å². The van der Waals surface area contributed by atoms with Crippen molar-refractivity contribution in [2.45, 2.75) is 0 Å². The predicted octanol–water partition coefficient (Wildman–Crippen LogP) is 4.19. The lowest BCUT2D eigenvalue weighted by Crippen LogP contribution is -2.05. The van der Waals surface area contributed by atoms with Gasteiger partial charge in [0.2, 0.25) is 11.8 Å². The van der Waals surface area contributed by atoms with Gasteiger partial charge in [-0.2, -0.15) is 0 Å². The molecule has 0 N–H and O–H groups in total. The maximum absolute atomic E-state index is 12.4. The molecule has 0 saturated heterocycles. The number of benzene rings is 3. The minimum Gasteiger partial charge on any atom is -0.402 e. The smallest absolute Gasteiger partial charge is 0.363 e. The third kappa shape index (κ3) is 4.68. The molecule has 0 bridgehead atoms. The molecule has 0 atom stereocenters. The molecule has 5 rings (SSSR count). The Morgan fingerprint density at radius 3 is 1.39 bits per heavy atom. The number of nitro groups is 2. The minimum absolute atomic E-state index is 0.00485. The first-order valence-corrected chi connectivity index (χ1v) is 10.9. The van der Waals surface area contributed by atoms with Crippen LogP contribution in [0.5, 0.6) is 0 Å². The number of hydrogen-bond donors (Lipinski definition) is 0. The van der Waals surface area contributed by atoms with Gasteiger partial charge in [-0.05, 0) is 42.5 Å². The van der Waals surface area contributed by atoms with Crippen LogP contribution in [-0.2, 0) is 19.1 Å². The summed E-state index contributed by atoms with van der Waals surface area (Å²) >= 11 is 0. The fourth-order valence-corrected chi connectivity index (χ4v) is 3.68. The number of aliphatic imine (C=N–C) groups is 2. The van der Waals surface area contributed by atoms with Crippen LogP contribution >= 0.6 is 0 Å². The fourth-order valence-electron chi connectivity index (χ4n) is 3.68. The monoisotopic (exact) mass is 510 g/mol. The number of ether oxygens (including phenoxy) is 2. The van der Waals surface area contributed by atoms with E-state index in [2.05, 4.69) is 9.98 Å². The van der Waals surface area contributed by atoms with Gasteiger partial charge >= 0.3 is 11.9 Å². The first-order chi connectivity index (χ1) is 18.3. The average Bonchev–Trinajstić information content (AvgIpc) is 3.46. The summed E-state index contributed by atoms with van der Waals surface area (Å²) in [5.41, 5.74) is -1.10. The predicted molar refractivity (Wildman–Crippen MR) is 134 cm³/mol. The molecule has 12 heteroatoms. The Morgan fingerprint density at radius 2 is 1.03 bits per heavy atom. The van der Waals surface area contributed by atoms with Crippen LogP contribution in [0.1, 0.15) is 22.3 Å². The van der Waals surface area contributed by atoms with Crippen molar-refractivity contribution in [3.05, 3.63) is 127 Å². The molecule has 0 fully saturated rings. The molecule has 0 aliphatic carbocycles. The van der Waals surface area contributed by atoms with E-state index in [9.17, 15) is 29.8 Å². The third-order valence-electron chi connectivity index (χ3n) is 5.44. The van der Waals surface area contributed by atoms with Gasteiger partial charge in [0, 0.05) is 11.1 Å². The van der Waals surface area contributed by atoms with Crippen molar-refractivity contribution in [2.24, 2.45) is 9.98 Å². The number of carbonyl (C=O) groups is 2. The van der Waals surface area contributed by atoms with Crippen LogP contribution in [-0.4, -0.2) is 33.6 Å². The first-order valence-electron chi connectivity index (χ1n) is 10.9. The quantitative estimate of drug-likeness (QED) is 0.206. The Bertz CT molecular complexity index is 1520. The van der Waals surface area contributed by atoms with Crippen molar-refractivity contribution in [1.82, 2.24) is 0 Å². The Morgan fingerprint density at radius 1 is 0.632 bits per heavy atom. The first kappa shape index (κ1) is 23.9. The molecule has 2 aliphatic heterocycles. The lowest BCUT2D eigenvalue weighted by Gasteiger charge is -2.03. The Hall–Kier alpha value is -5.78. The zero-order valence-corrected chi connectivity index (χ0v) is 19.1. The van der Waals surface area contributed by atoms with Gasteiger partial charge in [0.1, 0.15) is 0 Å². The fraction of sp³-hybridized carbons (Fsp3) is 0. The number of nitrogens with zero attached hydrogens (tertiary/aromatic N) is 4. The van der Waals surface area contributed by atoms with E-state index < -0.39 is 33.2 Å². The van der Waals surface area contributed by atoms with Gasteiger partial charge in [0.25, 0.3) is 11.4 Å². The highest BCUT2D eigenvalue weighted by molar-refractivity contribution is 6.14. The van der Waals surface area contributed by atoms with Crippen LogP contribution in [0.15, 0.2) is 94.2 Å². The standard InChI is InChI=1S/C26H14N4O8/c31-25-19(27-23(37-25)15-7-3-1-4-8-15)12-17-11-18(22(30(35)36)14-21(17)29(33)34)13-20-26(32)38-24(28-20)16-9-5-2-6-10-16/h1-14H. The molecule has 0 aromatic heterocycles. The van der Waals surface area contributed by atoms with Crippen LogP contribution in [0, 0.1) is 20.2 Å². The maximum Gasteiger partial charge on any atom is 0.363 e. The van der Waals surface area contributed by atoms with E-state index in [0.717, 1.165) is 24.3 Å². The number of carbonyl (C=O) groups excluding carboxylic acids is 2. The molecule has 0 unspecified atom stereocenters. The average molecular weight is 510 g/mol. The van der Waals surface area contributed by atoms with Gasteiger partial charge in [-0.15, -0.1) is 0 Å². The van der Waals surface area contributed by atoms with Gasteiger partial charge in [-0.3, -0.25) is 20.2 Å². The second-order valence-corrected chi connectivity index (χ2v) is 7.89. The van der Waals surface area contributed by atoms with Gasteiger partial charge in [0.05, 0.1) is 27.0 Å². The molecule has 0 radical (unpaired) electrons. The molecule has 2 heterocycles. The van der Waals surface area contributed by atoms with E-state index in [-0.39, 0.29) is 34.3 Å². The second-order valence-electron chi connectivity index (χ2n) is 7.89. The van der Waals surface area contributed by atoms with Gasteiger partial charge in [0.15, 0.2) is 11.4 Å². The summed E-state index contributed by atoms with van der Waals surface area (Å²) in [4.78, 5) is 54.9. The van der Waals surface area contributed by atoms with Crippen molar-refractivity contribution < 1.29 is 28.9 Å². The number of nitro benzene ring substituents is 2. The summed E-state index contributed by atoms with van der Waals surface area (Å²) in [6.07, 6.45) is 2.18. The van der Waals surface area contributed by atoms with Crippen LogP contribution in [0.4, 0.5) is 11.4 Å². The molecule has 38 heavy (non-hydrogen) atoms. The van der Waals surface area contributed by atoms with E-state index in [0.29, 0.717) is 11.1 Å². The zero-order chi connectivity index (χ0) is 26.8. The van der Waals surface area contributed by atoms with Crippen LogP contribution < -0.4 is 0 Å². The molecule has 12 nitrogen and oxygen atoms in total. The molecule has 0 amide bonds. The number of cyclic esters (lactones) is 2.